The van der Waals surface area contributed by atoms with Crippen molar-refractivity contribution in [2.75, 3.05) is 4.90 Å². The van der Waals surface area contributed by atoms with E-state index in [9.17, 15) is 0 Å². The first kappa shape index (κ1) is 37.0. The minimum atomic E-state index is 0.387. The average Bonchev–Trinajstić information content (AvgIpc) is 3.29. The predicted octanol–water partition coefficient (Wildman–Crippen LogP) is 15.3. The van der Waals surface area contributed by atoms with E-state index in [1.54, 1.807) is 0 Å². The second kappa shape index (κ2) is 18.1. The first-order valence-corrected chi connectivity index (χ1v) is 19.9. The fourth-order valence-corrected chi connectivity index (χ4v) is 7.59. The molecule has 2 unspecified atom stereocenters. The highest BCUT2D eigenvalue weighted by atomic mass is 15.1. The zero-order valence-corrected chi connectivity index (χ0v) is 32.4. The van der Waals surface area contributed by atoms with Crippen LogP contribution in [0.1, 0.15) is 57.7 Å². The monoisotopic (exact) mass is 733 g/mol. The van der Waals surface area contributed by atoms with E-state index in [0.717, 1.165) is 29.0 Å². The van der Waals surface area contributed by atoms with Crippen LogP contribution in [0, 0.1) is 0 Å². The molecule has 1 heteroatoms. The van der Waals surface area contributed by atoms with Gasteiger partial charge in [0.1, 0.15) is 0 Å². The molecule has 0 radical (unpaired) electrons. The Kier molecular flexibility index (Phi) is 11.8. The summed E-state index contributed by atoms with van der Waals surface area (Å²) in [6, 6.07) is 78.3. The molecule has 8 aromatic carbocycles. The lowest BCUT2D eigenvalue weighted by molar-refractivity contribution is 0.572. The normalized spacial score (nSPS) is 12.4. The number of benzene rings is 8. The van der Waals surface area contributed by atoms with Crippen LogP contribution < -0.4 is 4.90 Å². The Bertz CT molecular complexity index is 2440. The summed E-state index contributed by atoms with van der Waals surface area (Å²) in [4.78, 5) is 2.28. The Morgan fingerprint density at radius 3 is 1.14 bits per heavy atom. The van der Waals surface area contributed by atoms with Gasteiger partial charge in [0.05, 0.1) is 0 Å². The lowest BCUT2D eigenvalue weighted by atomic mass is 9.79. The molecular formula is C56H47N. The van der Waals surface area contributed by atoms with Crippen molar-refractivity contribution in [3.05, 3.63) is 257 Å². The SMILES string of the molecule is CC(c1ccc(C=Cc2ccc(-c3ccc(C=Cc4ccc(N(c5ccccc5)c5ccccc5)cc4)cc3)cc2)cc1)C(Cc1ccccc1)c1ccccc1. The molecule has 8 rings (SSSR count). The van der Waals surface area contributed by atoms with Crippen molar-refractivity contribution >= 4 is 41.4 Å². The minimum Gasteiger partial charge on any atom is -0.311 e. The Labute approximate surface area is 338 Å². The van der Waals surface area contributed by atoms with Crippen molar-refractivity contribution < 1.29 is 0 Å². The fourth-order valence-electron chi connectivity index (χ4n) is 7.59. The van der Waals surface area contributed by atoms with Gasteiger partial charge in [-0.25, -0.2) is 0 Å². The van der Waals surface area contributed by atoms with Gasteiger partial charge in [0.15, 0.2) is 0 Å². The topological polar surface area (TPSA) is 3.24 Å². The lowest BCUT2D eigenvalue weighted by Crippen LogP contribution is -2.11. The molecule has 0 saturated carbocycles. The van der Waals surface area contributed by atoms with Crippen molar-refractivity contribution in [3.8, 4) is 11.1 Å². The van der Waals surface area contributed by atoms with Gasteiger partial charge in [0.25, 0.3) is 0 Å². The second-order valence-corrected chi connectivity index (χ2v) is 14.7. The first-order chi connectivity index (χ1) is 28.2. The number of rotatable bonds is 13. The van der Waals surface area contributed by atoms with Crippen molar-refractivity contribution in [1.82, 2.24) is 0 Å². The first-order valence-electron chi connectivity index (χ1n) is 19.9. The summed E-state index contributed by atoms with van der Waals surface area (Å²) >= 11 is 0. The maximum atomic E-state index is 2.36. The van der Waals surface area contributed by atoms with Crippen LogP contribution in [0.25, 0.3) is 35.4 Å². The molecule has 0 fully saturated rings. The summed E-state index contributed by atoms with van der Waals surface area (Å²) in [6.45, 7) is 2.36. The van der Waals surface area contributed by atoms with E-state index in [0.29, 0.717) is 11.8 Å². The lowest BCUT2D eigenvalue weighted by Gasteiger charge is -2.25. The van der Waals surface area contributed by atoms with Crippen molar-refractivity contribution in [2.45, 2.75) is 25.2 Å². The average molecular weight is 734 g/mol. The Hall–Kier alpha value is -6.96. The molecule has 1 nitrogen and oxygen atoms in total. The van der Waals surface area contributed by atoms with Crippen LogP contribution in [0.15, 0.2) is 218 Å². The fraction of sp³-hybridized carbons (Fsp3) is 0.0714. The molecule has 2 atom stereocenters. The summed E-state index contributed by atoms with van der Waals surface area (Å²) in [6.07, 6.45) is 9.78. The van der Waals surface area contributed by atoms with Gasteiger partial charge >= 0.3 is 0 Å². The van der Waals surface area contributed by atoms with Gasteiger partial charge in [0, 0.05) is 17.1 Å². The van der Waals surface area contributed by atoms with E-state index in [-0.39, 0.29) is 0 Å². The highest BCUT2D eigenvalue weighted by molar-refractivity contribution is 5.79. The van der Waals surface area contributed by atoms with E-state index in [2.05, 4.69) is 255 Å². The predicted molar refractivity (Wildman–Crippen MR) is 245 cm³/mol. The van der Waals surface area contributed by atoms with Crippen molar-refractivity contribution in [1.29, 1.82) is 0 Å². The van der Waals surface area contributed by atoms with Gasteiger partial charge in [-0.2, -0.15) is 0 Å². The third-order valence-corrected chi connectivity index (χ3v) is 10.9. The third kappa shape index (κ3) is 9.47. The minimum absolute atomic E-state index is 0.387. The van der Waals surface area contributed by atoms with E-state index in [4.69, 9.17) is 0 Å². The second-order valence-electron chi connectivity index (χ2n) is 14.7. The molecule has 0 N–H and O–H groups in total. The summed E-state index contributed by atoms with van der Waals surface area (Å²) in [5.41, 5.74) is 14.7. The Morgan fingerprint density at radius 1 is 0.351 bits per heavy atom. The number of hydrogen-bond donors (Lipinski definition) is 0. The summed E-state index contributed by atoms with van der Waals surface area (Å²) < 4.78 is 0. The van der Waals surface area contributed by atoms with Crippen LogP contribution in [0.3, 0.4) is 0 Å². The molecule has 276 valence electrons. The van der Waals surface area contributed by atoms with Crippen LogP contribution >= 0.6 is 0 Å². The highest BCUT2D eigenvalue weighted by Gasteiger charge is 2.21. The van der Waals surface area contributed by atoms with Crippen LogP contribution in [-0.4, -0.2) is 0 Å². The smallest absolute Gasteiger partial charge is 0.0462 e. The van der Waals surface area contributed by atoms with Crippen molar-refractivity contribution in [3.63, 3.8) is 0 Å². The van der Waals surface area contributed by atoms with Gasteiger partial charge in [-0.05, 0) is 105 Å². The standard InChI is InChI=1S/C56H47N/c1-43(56(52-16-8-3-9-17-52)42-48-14-6-2-7-15-48)49-34-26-44(27-35-49)22-23-45-28-36-50(37-29-45)51-38-30-46(31-39-51)24-25-47-32-40-55(41-33-47)57(53-18-10-4-11-19-53)54-20-12-5-13-21-54/h2-41,43,56H,42H2,1H3. The van der Waals surface area contributed by atoms with Crippen LogP contribution in [0.2, 0.25) is 0 Å². The zero-order chi connectivity index (χ0) is 38.7. The number of hydrogen-bond acceptors (Lipinski definition) is 1. The molecule has 0 saturated heterocycles. The van der Waals surface area contributed by atoms with E-state index in [1.165, 1.54) is 44.5 Å². The molecule has 57 heavy (non-hydrogen) atoms. The largest absolute Gasteiger partial charge is 0.311 e. The number of anilines is 3. The van der Waals surface area contributed by atoms with E-state index < -0.39 is 0 Å². The van der Waals surface area contributed by atoms with Gasteiger partial charge in [0.2, 0.25) is 0 Å². The molecule has 0 aliphatic rings. The quantitative estimate of drug-likeness (QED) is 0.107. The number of para-hydroxylation sites is 2. The van der Waals surface area contributed by atoms with E-state index >= 15 is 0 Å². The molecule has 0 bridgehead atoms. The molecule has 0 amide bonds. The van der Waals surface area contributed by atoms with Gasteiger partial charge in [-0.15, -0.1) is 0 Å². The molecule has 0 heterocycles. The molecule has 0 aliphatic carbocycles. The van der Waals surface area contributed by atoms with Gasteiger partial charge in [-0.1, -0.05) is 213 Å². The van der Waals surface area contributed by atoms with E-state index in [1.807, 2.05) is 0 Å². The third-order valence-electron chi connectivity index (χ3n) is 10.9. The highest BCUT2D eigenvalue weighted by Crippen LogP contribution is 2.37. The summed E-state index contributed by atoms with van der Waals surface area (Å²) in [5, 5.41) is 0. The van der Waals surface area contributed by atoms with Crippen LogP contribution in [0.4, 0.5) is 17.1 Å². The molecular weight excluding hydrogens is 687 g/mol. The van der Waals surface area contributed by atoms with Crippen molar-refractivity contribution in [2.24, 2.45) is 0 Å². The van der Waals surface area contributed by atoms with Crippen LogP contribution in [0.5, 0.6) is 0 Å². The Balaban J connectivity index is 0.884. The maximum absolute atomic E-state index is 2.36. The van der Waals surface area contributed by atoms with Crippen LogP contribution in [-0.2, 0) is 6.42 Å². The van der Waals surface area contributed by atoms with Gasteiger partial charge in [-0.3, -0.25) is 0 Å². The summed E-state index contributed by atoms with van der Waals surface area (Å²) in [5.74, 6) is 0.793. The molecule has 0 spiro atoms. The Morgan fingerprint density at radius 2 is 0.702 bits per heavy atom. The summed E-state index contributed by atoms with van der Waals surface area (Å²) in [7, 11) is 0. The number of nitrogens with zero attached hydrogens (tertiary/aromatic N) is 1. The maximum Gasteiger partial charge on any atom is 0.0462 e. The van der Waals surface area contributed by atoms with Gasteiger partial charge < -0.3 is 4.90 Å². The molecule has 8 aromatic rings. The molecule has 0 aromatic heterocycles. The zero-order valence-electron chi connectivity index (χ0n) is 32.4. The molecule has 0 aliphatic heterocycles.